The van der Waals surface area contributed by atoms with Crippen LogP contribution in [0.15, 0.2) is 48.5 Å². The molecule has 1 unspecified atom stereocenters. The van der Waals surface area contributed by atoms with E-state index >= 15 is 0 Å². The van der Waals surface area contributed by atoms with E-state index in [2.05, 4.69) is 9.64 Å². The molecule has 0 bridgehead atoms. The van der Waals surface area contributed by atoms with E-state index in [9.17, 15) is 27.6 Å². The predicted octanol–water partition coefficient (Wildman–Crippen LogP) is 5.09. The van der Waals surface area contributed by atoms with Crippen molar-refractivity contribution in [2.45, 2.75) is 31.1 Å². The number of ether oxygens (including phenoxy) is 2. The van der Waals surface area contributed by atoms with Gasteiger partial charge in [0.1, 0.15) is 6.04 Å². The molecule has 0 N–H and O–H groups in total. The quantitative estimate of drug-likeness (QED) is 0.358. The van der Waals surface area contributed by atoms with E-state index in [1.165, 1.54) is 36.4 Å². The van der Waals surface area contributed by atoms with Gasteiger partial charge in [-0.05, 0) is 43.2 Å². The van der Waals surface area contributed by atoms with Crippen molar-refractivity contribution in [1.82, 2.24) is 9.80 Å². The molecule has 210 valence electrons. The highest BCUT2D eigenvalue weighted by atomic mass is 35.5. The molecule has 2 aromatic carbocycles. The molecule has 8 nitrogen and oxygen atoms in total. The minimum Gasteiger partial charge on any atom is -0.379 e. The van der Waals surface area contributed by atoms with Crippen LogP contribution in [0.3, 0.4) is 0 Å². The van der Waals surface area contributed by atoms with Crippen LogP contribution in [-0.4, -0.2) is 79.4 Å². The van der Waals surface area contributed by atoms with Gasteiger partial charge < -0.3 is 14.4 Å². The number of benzene rings is 2. The smallest absolute Gasteiger partial charge is 0.379 e. The topological polar surface area (TPSA) is 79.4 Å². The fourth-order valence-corrected chi connectivity index (χ4v) is 5.16. The van der Waals surface area contributed by atoms with Crippen molar-refractivity contribution in [2.24, 2.45) is 0 Å². The first-order chi connectivity index (χ1) is 18.6. The number of alkyl halides is 3. The summed E-state index contributed by atoms with van der Waals surface area (Å²) < 4.78 is 48.6. The summed E-state index contributed by atoms with van der Waals surface area (Å²) in [6, 6.07) is 10.4. The van der Waals surface area contributed by atoms with Crippen LogP contribution in [0.1, 0.15) is 24.4 Å². The number of carbonyl (C=O) groups is 3. The number of anilines is 1. The maximum absolute atomic E-state index is 14.1. The van der Waals surface area contributed by atoms with Crippen LogP contribution in [0, 0.1) is 0 Å². The summed E-state index contributed by atoms with van der Waals surface area (Å²) in [6.07, 6.45) is -5.77. The Hall–Kier alpha value is -2.86. The molecule has 4 rings (SSSR count). The highest BCUT2D eigenvalue weighted by Crippen LogP contribution is 2.35. The summed E-state index contributed by atoms with van der Waals surface area (Å²) in [6.45, 7) is 3.58. The van der Waals surface area contributed by atoms with Gasteiger partial charge in [0.05, 0.1) is 13.2 Å². The molecule has 2 saturated heterocycles. The summed E-state index contributed by atoms with van der Waals surface area (Å²) >= 11 is 12.4. The average molecular weight is 588 g/mol. The van der Waals surface area contributed by atoms with Gasteiger partial charge in [0, 0.05) is 53.5 Å². The van der Waals surface area contributed by atoms with Crippen LogP contribution >= 0.6 is 23.2 Å². The Morgan fingerprint density at radius 1 is 0.949 bits per heavy atom. The molecule has 2 heterocycles. The third kappa shape index (κ3) is 7.02. The fourth-order valence-electron chi connectivity index (χ4n) is 4.79. The largest absolute Gasteiger partial charge is 0.491 e. The molecule has 2 fully saturated rings. The predicted molar refractivity (Wildman–Crippen MR) is 138 cm³/mol. The normalized spacial score (nSPS) is 17.9. The van der Waals surface area contributed by atoms with Crippen LogP contribution in [0.2, 0.25) is 10.0 Å². The number of amides is 2. The molecule has 0 saturated carbocycles. The Balaban J connectivity index is 1.68. The van der Waals surface area contributed by atoms with Crippen LogP contribution in [0.25, 0.3) is 0 Å². The number of carbonyl (C=O) groups excluding carboxylic acids is 3. The SMILES string of the molecule is O=C(C(c1ccccc1Cl)N(C(=O)OC(=O)C(F)(F)F)c1ccc(Cl)cc1)N1CCC(N2CCOCC2)CC1. The van der Waals surface area contributed by atoms with E-state index in [4.69, 9.17) is 27.9 Å². The van der Waals surface area contributed by atoms with Gasteiger partial charge in [0.15, 0.2) is 0 Å². The maximum atomic E-state index is 14.1. The average Bonchev–Trinajstić information content (AvgIpc) is 2.92. The van der Waals surface area contributed by atoms with E-state index in [-0.39, 0.29) is 27.3 Å². The first-order valence-corrected chi connectivity index (χ1v) is 13.0. The number of hydrogen-bond donors (Lipinski definition) is 0. The standard InChI is InChI=1S/C26H26Cl2F3N3O5/c27-17-5-7-19(8-6-17)34(25(37)39-24(36)26(29,30)31)22(20-3-1-2-4-21(20)28)23(35)33-11-9-18(10-12-33)32-13-15-38-16-14-32/h1-8,18,22H,9-16H2. The minimum atomic E-state index is -5.42. The second kappa shape index (κ2) is 12.5. The number of rotatable bonds is 5. The Labute approximate surface area is 233 Å². The van der Waals surface area contributed by atoms with Gasteiger partial charge in [0.25, 0.3) is 5.91 Å². The second-order valence-corrected chi connectivity index (χ2v) is 9.97. The number of piperidine rings is 1. The molecule has 13 heteroatoms. The number of hydrogen-bond acceptors (Lipinski definition) is 6. The third-order valence-electron chi connectivity index (χ3n) is 6.74. The third-order valence-corrected chi connectivity index (χ3v) is 7.34. The highest BCUT2D eigenvalue weighted by molar-refractivity contribution is 6.32. The van der Waals surface area contributed by atoms with Crippen molar-refractivity contribution in [3.8, 4) is 0 Å². The lowest BCUT2D eigenvalue weighted by Crippen LogP contribution is -2.53. The first kappa shape index (κ1) is 29.1. The Bertz CT molecular complexity index is 1180. The van der Waals surface area contributed by atoms with Crippen LogP contribution in [0.4, 0.5) is 23.7 Å². The molecule has 0 aromatic heterocycles. The Kier molecular flexibility index (Phi) is 9.37. The molecule has 2 aliphatic heterocycles. The van der Waals surface area contributed by atoms with Gasteiger partial charge >= 0.3 is 18.2 Å². The number of morpholine rings is 1. The molecule has 39 heavy (non-hydrogen) atoms. The van der Waals surface area contributed by atoms with E-state index in [0.717, 1.165) is 13.1 Å². The lowest BCUT2D eigenvalue weighted by atomic mass is 9.98. The Morgan fingerprint density at radius 3 is 2.15 bits per heavy atom. The number of halogens is 5. The summed E-state index contributed by atoms with van der Waals surface area (Å²) in [5.74, 6) is -3.28. The summed E-state index contributed by atoms with van der Waals surface area (Å²) in [7, 11) is 0. The van der Waals surface area contributed by atoms with Gasteiger partial charge in [-0.3, -0.25) is 14.6 Å². The van der Waals surface area contributed by atoms with Crippen molar-refractivity contribution >= 4 is 46.9 Å². The van der Waals surface area contributed by atoms with Crippen molar-refractivity contribution in [3.05, 3.63) is 64.1 Å². The zero-order valence-electron chi connectivity index (χ0n) is 20.7. The van der Waals surface area contributed by atoms with Crippen molar-refractivity contribution < 1.29 is 37.0 Å². The van der Waals surface area contributed by atoms with E-state index in [0.29, 0.717) is 44.0 Å². The molecule has 2 amide bonds. The molecular formula is C26H26Cl2F3N3O5. The molecule has 0 aliphatic carbocycles. The molecular weight excluding hydrogens is 562 g/mol. The lowest BCUT2D eigenvalue weighted by molar-refractivity contribution is -0.192. The second-order valence-electron chi connectivity index (χ2n) is 9.13. The molecule has 2 aliphatic rings. The summed E-state index contributed by atoms with van der Waals surface area (Å²) in [5, 5.41) is 0.386. The zero-order valence-corrected chi connectivity index (χ0v) is 22.2. The highest BCUT2D eigenvalue weighted by Gasteiger charge is 2.46. The number of nitrogens with zero attached hydrogens (tertiary/aromatic N) is 3. The van der Waals surface area contributed by atoms with Gasteiger partial charge in [-0.15, -0.1) is 0 Å². The monoisotopic (exact) mass is 587 g/mol. The molecule has 0 radical (unpaired) electrons. The Morgan fingerprint density at radius 2 is 1.56 bits per heavy atom. The van der Waals surface area contributed by atoms with Gasteiger partial charge in [-0.25, -0.2) is 9.59 Å². The van der Waals surface area contributed by atoms with Gasteiger partial charge in [-0.2, -0.15) is 13.2 Å². The van der Waals surface area contributed by atoms with Crippen LogP contribution < -0.4 is 4.90 Å². The summed E-state index contributed by atoms with van der Waals surface area (Å²) in [5.41, 5.74) is 0.145. The van der Waals surface area contributed by atoms with E-state index < -0.39 is 30.2 Å². The van der Waals surface area contributed by atoms with E-state index in [1.807, 2.05) is 0 Å². The van der Waals surface area contributed by atoms with Crippen molar-refractivity contribution in [2.75, 3.05) is 44.3 Å². The first-order valence-electron chi connectivity index (χ1n) is 12.3. The van der Waals surface area contributed by atoms with Crippen molar-refractivity contribution in [3.63, 3.8) is 0 Å². The van der Waals surface area contributed by atoms with Gasteiger partial charge in [-0.1, -0.05) is 41.4 Å². The van der Waals surface area contributed by atoms with E-state index in [1.54, 1.807) is 17.0 Å². The zero-order chi connectivity index (χ0) is 28.2. The fraction of sp³-hybridized carbons (Fsp3) is 0.423. The van der Waals surface area contributed by atoms with Crippen LogP contribution in [0.5, 0.6) is 0 Å². The van der Waals surface area contributed by atoms with Crippen LogP contribution in [-0.2, 0) is 19.1 Å². The number of likely N-dealkylation sites (tertiary alicyclic amines) is 1. The number of esters is 1. The summed E-state index contributed by atoms with van der Waals surface area (Å²) in [4.78, 5) is 43.4. The van der Waals surface area contributed by atoms with Gasteiger partial charge in [0.2, 0.25) is 0 Å². The maximum Gasteiger partial charge on any atom is 0.491 e. The minimum absolute atomic E-state index is 0.0131. The lowest BCUT2D eigenvalue weighted by Gasteiger charge is -2.42. The van der Waals surface area contributed by atoms with Crippen molar-refractivity contribution in [1.29, 1.82) is 0 Å². The molecule has 2 aromatic rings. The molecule has 1 atom stereocenters. The molecule has 0 spiro atoms.